The molecule has 0 amide bonds. The molecule has 1 aromatic heterocycles. The number of aromatic nitrogens is 3. The lowest BCUT2D eigenvalue weighted by atomic mass is 10.3. The number of guanidine groups is 1. The molecule has 25 heavy (non-hydrogen) atoms. The van der Waals surface area contributed by atoms with Crippen molar-refractivity contribution in [3.05, 3.63) is 46.5 Å². The summed E-state index contributed by atoms with van der Waals surface area (Å²) in [5, 5.41) is 24.2. The van der Waals surface area contributed by atoms with Crippen molar-refractivity contribution in [3.8, 4) is 0 Å². The zero-order valence-corrected chi connectivity index (χ0v) is 14.3. The van der Waals surface area contributed by atoms with Gasteiger partial charge in [0.15, 0.2) is 5.96 Å². The van der Waals surface area contributed by atoms with Gasteiger partial charge in [-0.05, 0) is 19.1 Å². The van der Waals surface area contributed by atoms with Crippen molar-refractivity contribution in [2.24, 2.45) is 12.0 Å². The Kier molecular flexibility index (Phi) is 6.69. The summed E-state index contributed by atoms with van der Waals surface area (Å²) in [4.78, 5) is 18.8. The van der Waals surface area contributed by atoms with Crippen LogP contribution in [-0.2, 0) is 13.6 Å². The number of hydrogen-bond acceptors (Lipinski definition) is 6. The highest BCUT2D eigenvalue weighted by Crippen LogP contribution is 2.14. The maximum atomic E-state index is 10.6. The number of non-ortho nitro benzene ring substituents is 1. The molecule has 10 nitrogen and oxygen atoms in total. The summed E-state index contributed by atoms with van der Waals surface area (Å²) in [5.41, 5.74) is 0.905. The number of aryl methyl sites for hydroxylation is 1. The molecule has 0 saturated heterocycles. The predicted octanol–water partition coefficient (Wildman–Crippen LogP) is 0.891. The summed E-state index contributed by atoms with van der Waals surface area (Å²) in [5.74, 6) is 1.47. The average molecular weight is 346 g/mol. The van der Waals surface area contributed by atoms with E-state index in [9.17, 15) is 10.1 Å². The Labute approximate surface area is 145 Å². The van der Waals surface area contributed by atoms with Gasteiger partial charge in [-0.25, -0.2) is 9.98 Å². The molecule has 10 heteroatoms. The lowest BCUT2D eigenvalue weighted by Crippen LogP contribution is -2.39. The van der Waals surface area contributed by atoms with E-state index in [1.165, 1.54) is 18.5 Å². The van der Waals surface area contributed by atoms with E-state index in [1.807, 2.05) is 14.0 Å². The molecule has 0 bridgehead atoms. The van der Waals surface area contributed by atoms with Gasteiger partial charge in [0.2, 0.25) is 0 Å². The third-order valence-electron chi connectivity index (χ3n) is 3.35. The van der Waals surface area contributed by atoms with Crippen molar-refractivity contribution in [1.82, 2.24) is 25.4 Å². The number of nitrogens with one attached hydrogen (secondary N) is 3. The van der Waals surface area contributed by atoms with Gasteiger partial charge < -0.3 is 16.0 Å². The molecule has 0 saturated carbocycles. The zero-order valence-electron chi connectivity index (χ0n) is 14.3. The second-order valence-corrected chi connectivity index (χ2v) is 5.15. The molecule has 0 aliphatic rings. The van der Waals surface area contributed by atoms with Gasteiger partial charge >= 0.3 is 0 Å². The Morgan fingerprint density at radius 3 is 2.64 bits per heavy atom. The quantitative estimate of drug-likeness (QED) is 0.213. The summed E-state index contributed by atoms with van der Waals surface area (Å²) in [6.07, 6.45) is 1.50. The molecule has 0 aliphatic carbocycles. The van der Waals surface area contributed by atoms with Crippen molar-refractivity contribution >= 4 is 17.3 Å². The third kappa shape index (κ3) is 5.75. The summed E-state index contributed by atoms with van der Waals surface area (Å²) >= 11 is 0. The minimum atomic E-state index is -0.415. The maximum Gasteiger partial charge on any atom is 0.269 e. The van der Waals surface area contributed by atoms with Gasteiger partial charge in [0, 0.05) is 44.5 Å². The van der Waals surface area contributed by atoms with Gasteiger partial charge in [-0.3, -0.25) is 14.8 Å². The number of anilines is 1. The molecule has 1 heterocycles. The molecule has 0 radical (unpaired) electrons. The van der Waals surface area contributed by atoms with Crippen molar-refractivity contribution in [2.75, 3.05) is 25.0 Å². The molecule has 1 aromatic carbocycles. The molecule has 2 aromatic rings. The third-order valence-corrected chi connectivity index (χ3v) is 3.35. The molecule has 2 rings (SSSR count). The van der Waals surface area contributed by atoms with E-state index in [4.69, 9.17) is 0 Å². The number of nitrogens with zero attached hydrogens (tertiary/aromatic N) is 5. The van der Waals surface area contributed by atoms with Crippen molar-refractivity contribution in [3.63, 3.8) is 0 Å². The fraction of sp³-hybridized carbons (Fsp3) is 0.400. The van der Waals surface area contributed by atoms with E-state index in [-0.39, 0.29) is 5.69 Å². The smallest absolute Gasteiger partial charge is 0.269 e. The minimum Gasteiger partial charge on any atom is -0.383 e. The summed E-state index contributed by atoms with van der Waals surface area (Å²) in [7, 11) is 1.83. The Hall–Kier alpha value is -3.17. The first kappa shape index (κ1) is 18.2. The minimum absolute atomic E-state index is 0.0778. The topological polar surface area (TPSA) is 122 Å². The van der Waals surface area contributed by atoms with Crippen LogP contribution >= 0.6 is 0 Å². The summed E-state index contributed by atoms with van der Waals surface area (Å²) < 4.78 is 1.68. The Morgan fingerprint density at radius 1 is 1.28 bits per heavy atom. The number of rotatable bonds is 8. The first-order valence-electron chi connectivity index (χ1n) is 7.93. The Balaban J connectivity index is 1.78. The number of aliphatic imine (C=N–C) groups is 1. The summed E-state index contributed by atoms with van der Waals surface area (Å²) in [6, 6.07) is 6.32. The van der Waals surface area contributed by atoms with Gasteiger partial charge in [-0.15, -0.1) is 0 Å². The van der Waals surface area contributed by atoms with Crippen molar-refractivity contribution in [2.45, 2.75) is 13.5 Å². The van der Waals surface area contributed by atoms with Crippen LogP contribution in [0.3, 0.4) is 0 Å². The monoisotopic (exact) mass is 346 g/mol. The first-order valence-corrected chi connectivity index (χ1v) is 7.93. The van der Waals surface area contributed by atoms with Gasteiger partial charge in [0.05, 0.1) is 4.92 Å². The zero-order chi connectivity index (χ0) is 18.1. The van der Waals surface area contributed by atoms with E-state index in [0.717, 1.165) is 18.1 Å². The second kappa shape index (κ2) is 9.21. The Morgan fingerprint density at radius 2 is 2.04 bits per heavy atom. The van der Waals surface area contributed by atoms with Crippen molar-refractivity contribution in [1.29, 1.82) is 0 Å². The average Bonchev–Trinajstić information content (AvgIpc) is 3.02. The van der Waals surface area contributed by atoms with Crippen LogP contribution in [0.15, 0.2) is 35.6 Å². The normalized spacial score (nSPS) is 11.2. The highest BCUT2D eigenvalue weighted by Gasteiger charge is 2.04. The maximum absolute atomic E-state index is 10.6. The lowest BCUT2D eigenvalue weighted by Gasteiger charge is -2.12. The largest absolute Gasteiger partial charge is 0.383 e. The second-order valence-electron chi connectivity index (χ2n) is 5.15. The molecule has 0 spiro atoms. The van der Waals surface area contributed by atoms with E-state index in [0.29, 0.717) is 25.6 Å². The predicted molar refractivity (Wildman–Crippen MR) is 95.4 cm³/mol. The molecular formula is C15H22N8O2. The van der Waals surface area contributed by atoms with Crippen LogP contribution < -0.4 is 16.0 Å². The number of nitro benzene ring substituents is 1. The molecule has 3 N–H and O–H groups in total. The molecule has 0 unspecified atom stereocenters. The van der Waals surface area contributed by atoms with E-state index in [2.05, 4.69) is 31.0 Å². The van der Waals surface area contributed by atoms with E-state index < -0.39 is 4.92 Å². The Bertz CT molecular complexity index is 711. The van der Waals surface area contributed by atoms with Crippen molar-refractivity contribution < 1.29 is 4.92 Å². The fourth-order valence-corrected chi connectivity index (χ4v) is 2.04. The highest BCUT2D eigenvalue weighted by atomic mass is 16.6. The number of hydrogen-bond donors (Lipinski definition) is 3. The van der Waals surface area contributed by atoms with Crippen LogP contribution in [0.5, 0.6) is 0 Å². The fourth-order valence-electron chi connectivity index (χ4n) is 2.04. The number of benzene rings is 1. The number of nitro groups is 1. The van der Waals surface area contributed by atoms with Crippen LogP contribution in [0, 0.1) is 10.1 Å². The SMILES string of the molecule is CCNC(=NCc1ncnn1C)NCCNc1ccc([N+](=O)[O-])cc1. The lowest BCUT2D eigenvalue weighted by molar-refractivity contribution is -0.384. The van der Waals surface area contributed by atoms with Crippen LogP contribution in [0.25, 0.3) is 0 Å². The summed E-state index contributed by atoms with van der Waals surface area (Å²) in [6.45, 7) is 4.46. The van der Waals surface area contributed by atoms with Crippen LogP contribution in [-0.4, -0.2) is 45.3 Å². The standard InChI is InChI=1S/C15H22N8O2/c1-3-16-15(19-10-14-20-11-21-22(14)2)18-9-8-17-12-4-6-13(7-5-12)23(24)25/h4-7,11,17H,3,8-10H2,1-2H3,(H2,16,18,19). The van der Waals surface area contributed by atoms with Gasteiger partial charge in [-0.2, -0.15) is 5.10 Å². The van der Waals surface area contributed by atoms with Gasteiger partial charge in [-0.1, -0.05) is 0 Å². The first-order chi connectivity index (χ1) is 12.1. The molecule has 0 fully saturated rings. The molecule has 0 atom stereocenters. The molecule has 0 aliphatic heterocycles. The molecular weight excluding hydrogens is 324 g/mol. The highest BCUT2D eigenvalue weighted by molar-refractivity contribution is 5.79. The van der Waals surface area contributed by atoms with E-state index in [1.54, 1.807) is 16.8 Å². The van der Waals surface area contributed by atoms with Crippen LogP contribution in [0.2, 0.25) is 0 Å². The van der Waals surface area contributed by atoms with Gasteiger partial charge in [0.1, 0.15) is 18.7 Å². The van der Waals surface area contributed by atoms with Gasteiger partial charge in [0.25, 0.3) is 5.69 Å². The van der Waals surface area contributed by atoms with E-state index >= 15 is 0 Å². The van der Waals surface area contributed by atoms with Crippen LogP contribution in [0.4, 0.5) is 11.4 Å². The van der Waals surface area contributed by atoms with Crippen LogP contribution in [0.1, 0.15) is 12.7 Å². The molecule has 134 valence electrons.